The normalized spacial score (nSPS) is 10.8. The summed E-state index contributed by atoms with van der Waals surface area (Å²) >= 11 is 10.6. The molecule has 1 aromatic heterocycles. The number of hydrogen-bond donors (Lipinski definition) is 0. The first-order valence-corrected chi connectivity index (χ1v) is 7.35. The number of nitriles is 1. The molecule has 1 aromatic carbocycles. The summed E-state index contributed by atoms with van der Waals surface area (Å²) in [5, 5.41) is 9.12. The smallest absolute Gasteiger partial charge is 0.201 e. The zero-order chi connectivity index (χ0) is 16.6. The zero-order valence-corrected chi connectivity index (χ0v) is 14.3. The molecule has 0 aliphatic heterocycles. The molecule has 0 N–H and O–H groups in total. The second kappa shape index (κ2) is 6.02. The van der Waals surface area contributed by atoms with Crippen molar-refractivity contribution in [3.63, 3.8) is 0 Å². The summed E-state index contributed by atoms with van der Waals surface area (Å²) in [4.78, 5) is 0. The summed E-state index contributed by atoms with van der Waals surface area (Å²) < 4.78 is 25.4. The van der Waals surface area contributed by atoms with E-state index in [1.54, 1.807) is 23.5 Å². The van der Waals surface area contributed by atoms with Crippen molar-refractivity contribution in [1.29, 1.82) is 5.26 Å². The average Bonchev–Trinajstić information content (AvgIpc) is 2.64. The number of rotatable bonds is 3. The van der Waals surface area contributed by atoms with Gasteiger partial charge >= 0.3 is 0 Å². The molecule has 0 aliphatic carbocycles. The molecule has 5 nitrogen and oxygen atoms in total. The molecule has 0 aliphatic rings. The van der Waals surface area contributed by atoms with Crippen LogP contribution in [-0.4, -0.2) is 20.0 Å². The van der Waals surface area contributed by atoms with E-state index in [0.29, 0.717) is 15.3 Å². The molecule has 0 unspecified atom stereocenters. The van der Waals surface area contributed by atoms with Crippen molar-refractivity contribution < 1.29 is 9.13 Å². The van der Waals surface area contributed by atoms with Crippen molar-refractivity contribution in [3.8, 4) is 17.5 Å². The van der Waals surface area contributed by atoms with Crippen molar-refractivity contribution >= 4 is 24.4 Å². The maximum absolute atomic E-state index is 14.4. The van der Waals surface area contributed by atoms with Crippen LogP contribution in [-0.2, 0) is 14.1 Å². The summed E-state index contributed by atoms with van der Waals surface area (Å²) in [6.07, 6.45) is -0.145. The van der Waals surface area contributed by atoms with Gasteiger partial charge < -0.3 is 4.74 Å². The van der Waals surface area contributed by atoms with Crippen LogP contribution in [0.1, 0.15) is 19.4 Å². The Kier molecular flexibility index (Phi) is 4.49. The van der Waals surface area contributed by atoms with Crippen LogP contribution in [0.3, 0.4) is 0 Å². The van der Waals surface area contributed by atoms with E-state index in [0.717, 1.165) is 6.07 Å². The van der Waals surface area contributed by atoms with E-state index in [1.165, 1.54) is 10.6 Å². The lowest BCUT2D eigenvalue weighted by molar-refractivity contribution is 0.241. The number of aromatic nitrogens is 3. The second-order valence-corrected chi connectivity index (χ2v) is 5.76. The Morgan fingerprint density at radius 3 is 2.18 bits per heavy atom. The maximum Gasteiger partial charge on any atom is 0.201 e. The minimum atomic E-state index is -0.582. The monoisotopic (exact) mass is 338 g/mol. The highest BCUT2D eigenvalue weighted by molar-refractivity contribution is 7.72. The molecule has 2 rings (SSSR count). The fourth-order valence-electron chi connectivity index (χ4n) is 1.99. The maximum atomic E-state index is 14.4. The Hall–Kier alpha value is -1.98. The van der Waals surface area contributed by atoms with E-state index in [9.17, 15) is 4.39 Å². The van der Waals surface area contributed by atoms with Crippen LogP contribution >= 0.6 is 24.4 Å². The standard InChI is InChI=1S/C14H15FN4OS2/c1-8(2)20-12-6-11(10(15)5-9(12)7-16)19-13(21)17(3)18(4)14(19)22/h5-6,8H,1-4H3. The van der Waals surface area contributed by atoms with Crippen molar-refractivity contribution in [2.75, 3.05) is 0 Å². The van der Waals surface area contributed by atoms with Crippen molar-refractivity contribution in [3.05, 3.63) is 33.1 Å². The summed E-state index contributed by atoms with van der Waals surface area (Å²) in [6.45, 7) is 3.66. The molecule has 1 heterocycles. The number of benzene rings is 1. The van der Waals surface area contributed by atoms with E-state index >= 15 is 0 Å². The largest absolute Gasteiger partial charge is 0.490 e. The van der Waals surface area contributed by atoms with Crippen LogP contribution in [0.4, 0.5) is 4.39 Å². The number of halogens is 1. The van der Waals surface area contributed by atoms with Gasteiger partial charge in [0, 0.05) is 20.2 Å². The molecule has 116 valence electrons. The Balaban J connectivity index is 2.78. The molecule has 0 spiro atoms. The predicted molar refractivity (Wildman–Crippen MR) is 85.8 cm³/mol. The summed E-state index contributed by atoms with van der Waals surface area (Å²) in [6, 6.07) is 4.52. The molecular formula is C14H15FN4OS2. The number of nitrogens with zero attached hydrogens (tertiary/aromatic N) is 4. The van der Waals surface area contributed by atoms with Gasteiger partial charge in [-0.3, -0.25) is 13.9 Å². The number of hydrogen-bond acceptors (Lipinski definition) is 4. The van der Waals surface area contributed by atoms with Gasteiger partial charge in [-0.25, -0.2) is 4.39 Å². The van der Waals surface area contributed by atoms with Crippen molar-refractivity contribution in [1.82, 2.24) is 13.9 Å². The second-order valence-electron chi connectivity index (χ2n) is 5.03. The molecule has 22 heavy (non-hydrogen) atoms. The van der Waals surface area contributed by atoms with E-state index in [-0.39, 0.29) is 17.4 Å². The molecule has 8 heteroatoms. The Labute approximate surface area is 137 Å². The lowest BCUT2D eigenvalue weighted by Crippen LogP contribution is -2.09. The van der Waals surface area contributed by atoms with Crippen LogP contribution in [0, 0.1) is 26.7 Å². The molecule has 0 radical (unpaired) electrons. The zero-order valence-electron chi connectivity index (χ0n) is 12.6. The number of ether oxygens (including phenoxy) is 1. The molecule has 0 fully saturated rings. The minimum Gasteiger partial charge on any atom is -0.490 e. The quantitative estimate of drug-likeness (QED) is 0.805. The first-order valence-electron chi connectivity index (χ1n) is 6.53. The van der Waals surface area contributed by atoms with Gasteiger partial charge in [-0.2, -0.15) is 5.26 Å². The van der Waals surface area contributed by atoms with Gasteiger partial charge in [-0.15, -0.1) is 0 Å². The van der Waals surface area contributed by atoms with E-state index in [4.69, 9.17) is 34.4 Å². The van der Waals surface area contributed by atoms with E-state index in [1.807, 2.05) is 19.9 Å². The van der Waals surface area contributed by atoms with Crippen molar-refractivity contribution in [2.24, 2.45) is 14.1 Å². The minimum absolute atomic E-state index is 0.132. The van der Waals surface area contributed by atoms with Crippen LogP contribution in [0.2, 0.25) is 0 Å². The van der Waals surface area contributed by atoms with Crippen LogP contribution < -0.4 is 4.74 Å². The van der Waals surface area contributed by atoms with Crippen LogP contribution in [0.25, 0.3) is 5.69 Å². The lowest BCUT2D eigenvalue weighted by Gasteiger charge is -2.13. The van der Waals surface area contributed by atoms with E-state index < -0.39 is 5.82 Å². The van der Waals surface area contributed by atoms with Crippen LogP contribution in [0.5, 0.6) is 5.75 Å². The van der Waals surface area contributed by atoms with Gasteiger partial charge in [-0.05, 0) is 44.3 Å². The topological polar surface area (TPSA) is 47.8 Å². The summed E-state index contributed by atoms with van der Waals surface area (Å²) in [5.41, 5.74) is 0.300. The molecule has 0 amide bonds. The van der Waals surface area contributed by atoms with Gasteiger partial charge in [0.1, 0.15) is 17.6 Å². The van der Waals surface area contributed by atoms with Crippen LogP contribution in [0.15, 0.2) is 12.1 Å². The van der Waals surface area contributed by atoms with Gasteiger partial charge in [-0.1, -0.05) is 0 Å². The third-order valence-corrected chi connectivity index (χ3v) is 4.05. The predicted octanol–water partition coefficient (Wildman–Crippen LogP) is 3.41. The first kappa shape index (κ1) is 16.4. The molecule has 0 atom stereocenters. The third-order valence-electron chi connectivity index (χ3n) is 3.16. The van der Waals surface area contributed by atoms with E-state index in [2.05, 4.69) is 0 Å². The first-order chi connectivity index (χ1) is 10.3. The molecule has 2 aromatic rings. The molecular weight excluding hydrogens is 323 g/mol. The van der Waals surface area contributed by atoms with Gasteiger partial charge in [0.2, 0.25) is 9.54 Å². The third kappa shape index (κ3) is 2.69. The molecule has 0 saturated heterocycles. The fraction of sp³-hybridized carbons (Fsp3) is 0.357. The van der Waals surface area contributed by atoms with Gasteiger partial charge in [0.25, 0.3) is 0 Å². The molecule has 0 bridgehead atoms. The van der Waals surface area contributed by atoms with Gasteiger partial charge in [0.05, 0.1) is 17.4 Å². The fourth-order valence-corrected chi connectivity index (χ4v) is 2.66. The Morgan fingerprint density at radius 1 is 1.18 bits per heavy atom. The highest BCUT2D eigenvalue weighted by Gasteiger charge is 2.16. The lowest BCUT2D eigenvalue weighted by atomic mass is 10.2. The summed E-state index contributed by atoms with van der Waals surface area (Å²) in [5.74, 6) is -0.280. The Bertz CT molecular complexity index is 852. The molecule has 0 saturated carbocycles. The average molecular weight is 338 g/mol. The summed E-state index contributed by atoms with van der Waals surface area (Å²) in [7, 11) is 3.48. The SMILES string of the molecule is CC(C)Oc1cc(-n2c(=S)n(C)n(C)c2=S)c(F)cc1C#N. The van der Waals surface area contributed by atoms with Crippen molar-refractivity contribution in [2.45, 2.75) is 20.0 Å². The Morgan fingerprint density at radius 2 is 1.73 bits per heavy atom. The highest BCUT2D eigenvalue weighted by Crippen LogP contribution is 2.27. The highest BCUT2D eigenvalue weighted by atomic mass is 32.1. The van der Waals surface area contributed by atoms with Gasteiger partial charge in [0.15, 0.2) is 0 Å².